The average Bonchev–Trinajstić information content (AvgIpc) is 2.47. The second kappa shape index (κ2) is 7.02. The number of hydrogen-bond acceptors (Lipinski definition) is 3. The largest absolute Gasteiger partial charge is 0.378 e. The van der Waals surface area contributed by atoms with E-state index in [4.69, 9.17) is 0 Å². The monoisotopic (exact) mass is 284 g/mol. The minimum atomic E-state index is -1.16. The van der Waals surface area contributed by atoms with Gasteiger partial charge in [0, 0.05) is 12.2 Å². The Hall–Kier alpha value is -2.17. The summed E-state index contributed by atoms with van der Waals surface area (Å²) in [4.78, 5) is 14.1. The summed E-state index contributed by atoms with van der Waals surface area (Å²) in [5.41, 5.74) is 2.38. The molecule has 2 rings (SSSR count). The van der Waals surface area contributed by atoms with Gasteiger partial charge in [0.15, 0.2) is 6.10 Å². The molecule has 110 valence electrons. The van der Waals surface area contributed by atoms with Crippen LogP contribution in [0.3, 0.4) is 0 Å². The Morgan fingerprint density at radius 2 is 1.86 bits per heavy atom. The van der Waals surface area contributed by atoms with Crippen molar-refractivity contribution in [3.05, 3.63) is 65.7 Å². The smallest absolute Gasteiger partial charge is 0.257 e. The van der Waals surface area contributed by atoms with E-state index in [-0.39, 0.29) is 0 Å². The molecule has 4 nitrogen and oxygen atoms in total. The lowest BCUT2D eigenvalue weighted by Gasteiger charge is -2.14. The van der Waals surface area contributed by atoms with Crippen LogP contribution in [0.4, 0.5) is 5.69 Å². The third-order valence-corrected chi connectivity index (χ3v) is 3.06. The van der Waals surface area contributed by atoms with Gasteiger partial charge in [-0.3, -0.25) is 4.79 Å². The highest BCUT2D eigenvalue weighted by Crippen LogP contribution is 2.17. The maximum atomic E-state index is 12.1. The van der Waals surface area contributed by atoms with E-state index in [1.165, 1.54) is 0 Å². The zero-order chi connectivity index (χ0) is 15.2. The molecule has 0 spiro atoms. The van der Waals surface area contributed by atoms with Gasteiger partial charge in [-0.25, -0.2) is 0 Å². The van der Waals surface area contributed by atoms with Crippen molar-refractivity contribution in [2.45, 2.75) is 12.6 Å². The molecule has 2 aromatic rings. The molecule has 2 aromatic carbocycles. The molecule has 0 saturated carbocycles. The van der Waals surface area contributed by atoms with Crippen LogP contribution in [0.1, 0.15) is 17.2 Å². The molecule has 0 radical (unpaired) electrons. The standard InChI is InChI=1S/C17H20N2O2/c1-19(2)12-13-7-6-10-15(11-13)18-17(21)16(20)14-8-4-3-5-9-14/h3-11,16,20H,12H2,1-2H3,(H,18,21). The fraction of sp³-hybridized carbons (Fsp3) is 0.235. The third-order valence-electron chi connectivity index (χ3n) is 3.06. The number of aliphatic hydroxyl groups is 1. The van der Waals surface area contributed by atoms with E-state index in [1.807, 2.05) is 44.4 Å². The van der Waals surface area contributed by atoms with Crippen molar-refractivity contribution in [1.82, 2.24) is 4.90 Å². The van der Waals surface area contributed by atoms with E-state index in [0.717, 1.165) is 12.1 Å². The SMILES string of the molecule is CN(C)Cc1cccc(NC(=O)C(O)c2ccccc2)c1. The summed E-state index contributed by atoms with van der Waals surface area (Å²) in [7, 11) is 3.98. The number of rotatable bonds is 5. The highest BCUT2D eigenvalue weighted by Gasteiger charge is 2.17. The number of hydrogen-bond donors (Lipinski definition) is 2. The predicted octanol–water partition coefficient (Wildman–Crippen LogP) is 2.42. The quantitative estimate of drug-likeness (QED) is 0.886. The molecule has 0 saturated heterocycles. The van der Waals surface area contributed by atoms with E-state index in [1.54, 1.807) is 24.3 Å². The zero-order valence-electron chi connectivity index (χ0n) is 12.3. The first-order valence-corrected chi connectivity index (χ1v) is 6.84. The lowest BCUT2D eigenvalue weighted by atomic mass is 10.1. The maximum absolute atomic E-state index is 12.1. The van der Waals surface area contributed by atoms with Gasteiger partial charge in [0.2, 0.25) is 0 Å². The molecule has 0 aliphatic heterocycles. The highest BCUT2D eigenvalue weighted by atomic mass is 16.3. The van der Waals surface area contributed by atoms with Crippen LogP contribution in [0, 0.1) is 0 Å². The summed E-state index contributed by atoms with van der Waals surface area (Å²) in [6.45, 7) is 0.797. The van der Waals surface area contributed by atoms with Crippen molar-refractivity contribution in [3.8, 4) is 0 Å². The Balaban J connectivity index is 2.06. The van der Waals surface area contributed by atoms with Crippen molar-refractivity contribution < 1.29 is 9.90 Å². The predicted molar refractivity (Wildman–Crippen MR) is 83.9 cm³/mol. The third kappa shape index (κ3) is 4.41. The van der Waals surface area contributed by atoms with Gasteiger partial charge in [-0.05, 0) is 37.4 Å². The van der Waals surface area contributed by atoms with Crippen LogP contribution in [-0.4, -0.2) is 30.0 Å². The van der Waals surface area contributed by atoms with Crippen LogP contribution >= 0.6 is 0 Å². The van der Waals surface area contributed by atoms with Crippen LogP contribution in [0.25, 0.3) is 0 Å². The number of amides is 1. The van der Waals surface area contributed by atoms with Crippen molar-refractivity contribution in [2.24, 2.45) is 0 Å². The van der Waals surface area contributed by atoms with E-state index in [0.29, 0.717) is 11.3 Å². The fourth-order valence-corrected chi connectivity index (χ4v) is 2.11. The Morgan fingerprint density at radius 1 is 1.14 bits per heavy atom. The molecule has 21 heavy (non-hydrogen) atoms. The molecule has 0 heterocycles. The minimum Gasteiger partial charge on any atom is -0.378 e. The first-order valence-electron chi connectivity index (χ1n) is 6.84. The van der Waals surface area contributed by atoms with Gasteiger partial charge >= 0.3 is 0 Å². The average molecular weight is 284 g/mol. The van der Waals surface area contributed by atoms with Gasteiger partial charge in [0.05, 0.1) is 0 Å². The molecule has 0 aliphatic carbocycles. The second-order valence-corrected chi connectivity index (χ2v) is 5.24. The molecule has 0 aliphatic rings. The number of aliphatic hydroxyl groups excluding tert-OH is 1. The Bertz CT molecular complexity index is 597. The van der Waals surface area contributed by atoms with Crippen LogP contribution < -0.4 is 5.32 Å². The first kappa shape index (κ1) is 15.2. The van der Waals surface area contributed by atoms with Crippen molar-refractivity contribution >= 4 is 11.6 Å². The van der Waals surface area contributed by atoms with E-state index >= 15 is 0 Å². The molecular formula is C17H20N2O2. The molecule has 0 bridgehead atoms. The number of carbonyl (C=O) groups excluding carboxylic acids is 1. The number of nitrogens with one attached hydrogen (secondary N) is 1. The van der Waals surface area contributed by atoms with Crippen LogP contribution in [0.15, 0.2) is 54.6 Å². The van der Waals surface area contributed by atoms with Crippen LogP contribution in [-0.2, 0) is 11.3 Å². The van der Waals surface area contributed by atoms with Crippen molar-refractivity contribution in [1.29, 1.82) is 0 Å². The van der Waals surface area contributed by atoms with E-state index < -0.39 is 12.0 Å². The van der Waals surface area contributed by atoms with E-state index in [2.05, 4.69) is 10.2 Å². The normalized spacial score (nSPS) is 12.2. The maximum Gasteiger partial charge on any atom is 0.257 e. The molecule has 0 aromatic heterocycles. The highest BCUT2D eigenvalue weighted by molar-refractivity contribution is 5.94. The summed E-state index contributed by atoms with van der Waals surface area (Å²) >= 11 is 0. The van der Waals surface area contributed by atoms with Gasteiger partial charge in [-0.15, -0.1) is 0 Å². The van der Waals surface area contributed by atoms with Gasteiger partial charge < -0.3 is 15.3 Å². The summed E-state index contributed by atoms with van der Waals surface area (Å²) in [6, 6.07) is 16.5. The van der Waals surface area contributed by atoms with Gasteiger partial charge in [0.1, 0.15) is 0 Å². The van der Waals surface area contributed by atoms with Crippen molar-refractivity contribution in [3.63, 3.8) is 0 Å². The van der Waals surface area contributed by atoms with Gasteiger partial charge in [-0.1, -0.05) is 42.5 Å². The summed E-state index contributed by atoms with van der Waals surface area (Å²) in [5, 5.41) is 12.8. The lowest BCUT2D eigenvalue weighted by Crippen LogP contribution is -2.21. The summed E-state index contributed by atoms with van der Waals surface area (Å²) in [5.74, 6) is -0.428. The molecule has 1 unspecified atom stereocenters. The van der Waals surface area contributed by atoms with Gasteiger partial charge in [0.25, 0.3) is 5.91 Å². The number of anilines is 1. The fourth-order valence-electron chi connectivity index (χ4n) is 2.11. The summed E-state index contributed by atoms with van der Waals surface area (Å²) in [6.07, 6.45) is -1.16. The minimum absolute atomic E-state index is 0.428. The molecule has 1 amide bonds. The molecule has 0 fully saturated rings. The Morgan fingerprint density at radius 3 is 2.52 bits per heavy atom. The van der Waals surface area contributed by atoms with Crippen LogP contribution in [0.2, 0.25) is 0 Å². The summed E-state index contributed by atoms with van der Waals surface area (Å²) < 4.78 is 0. The lowest BCUT2D eigenvalue weighted by molar-refractivity contribution is -0.124. The Labute approximate surface area is 125 Å². The van der Waals surface area contributed by atoms with Crippen molar-refractivity contribution in [2.75, 3.05) is 19.4 Å². The topological polar surface area (TPSA) is 52.6 Å². The van der Waals surface area contributed by atoms with Gasteiger partial charge in [-0.2, -0.15) is 0 Å². The molecule has 1 atom stereocenters. The molecule has 2 N–H and O–H groups in total. The first-order chi connectivity index (χ1) is 10.1. The number of benzene rings is 2. The molecule has 4 heteroatoms. The number of nitrogens with zero attached hydrogens (tertiary/aromatic N) is 1. The molecular weight excluding hydrogens is 264 g/mol. The second-order valence-electron chi connectivity index (χ2n) is 5.24. The number of carbonyl (C=O) groups is 1. The Kier molecular flexibility index (Phi) is 5.09. The van der Waals surface area contributed by atoms with E-state index in [9.17, 15) is 9.90 Å². The van der Waals surface area contributed by atoms with Crippen LogP contribution in [0.5, 0.6) is 0 Å². The zero-order valence-corrected chi connectivity index (χ0v) is 12.3.